The van der Waals surface area contributed by atoms with Crippen LogP contribution in [0.3, 0.4) is 0 Å². The molecule has 5 nitrogen and oxygen atoms in total. The number of likely N-dealkylation sites (N-methyl/N-ethyl adjacent to an activating group) is 2. The van der Waals surface area contributed by atoms with Crippen LogP contribution >= 0.6 is 0 Å². The summed E-state index contributed by atoms with van der Waals surface area (Å²) in [5.74, 6) is -0.0548. The number of nitrogens with zero attached hydrogens (tertiary/aromatic N) is 3. The molecule has 0 aliphatic rings. The van der Waals surface area contributed by atoms with Crippen molar-refractivity contribution < 1.29 is 9.59 Å². The summed E-state index contributed by atoms with van der Waals surface area (Å²) in [5.41, 5.74) is 1.47. The molecule has 0 aliphatic carbocycles. The molecule has 0 spiro atoms. The Hall–Kier alpha value is -2.35. The summed E-state index contributed by atoms with van der Waals surface area (Å²) in [7, 11) is 5.09. The molecule has 0 bridgehead atoms. The fraction of sp³-hybridized carbons (Fsp3) is 0.308. The van der Waals surface area contributed by atoms with Gasteiger partial charge in [0.05, 0.1) is 17.8 Å². The summed E-state index contributed by atoms with van der Waals surface area (Å²) in [6, 6.07) is 6.84. The van der Waals surface area contributed by atoms with Gasteiger partial charge >= 0.3 is 0 Å². The highest BCUT2D eigenvalue weighted by atomic mass is 16.2. The average Bonchev–Trinajstić information content (AvgIpc) is 2.37. The lowest BCUT2D eigenvalue weighted by molar-refractivity contribution is -0.127. The number of hydrogen-bond acceptors (Lipinski definition) is 4. The van der Waals surface area contributed by atoms with Gasteiger partial charge in [0.25, 0.3) is 0 Å². The second-order valence-electron chi connectivity index (χ2n) is 4.15. The Balaban J connectivity index is 2.99. The fourth-order valence-electron chi connectivity index (χ4n) is 1.48. The first-order valence-corrected chi connectivity index (χ1v) is 5.40. The van der Waals surface area contributed by atoms with Crippen molar-refractivity contribution in [3.63, 3.8) is 0 Å². The Morgan fingerprint density at radius 2 is 2.06 bits per heavy atom. The van der Waals surface area contributed by atoms with Gasteiger partial charge in [-0.3, -0.25) is 9.59 Å². The number of carbonyl (C=O) groups excluding carboxylic acids is 2. The third-order valence-electron chi connectivity index (χ3n) is 2.56. The molecule has 0 N–H and O–H groups in total. The maximum atomic E-state index is 11.6. The minimum atomic E-state index is -0.0548. The van der Waals surface area contributed by atoms with Gasteiger partial charge in [0.15, 0.2) is 0 Å². The van der Waals surface area contributed by atoms with E-state index in [9.17, 15) is 9.59 Å². The van der Waals surface area contributed by atoms with Crippen LogP contribution in [0.4, 0.5) is 5.69 Å². The van der Waals surface area contributed by atoms with Gasteiger partial charge in [-0.1, -0.05) is 0 Å². The smallest absolute Gasteiger partial charge is 0.241 e. The summed E-state index contributed by atoms with van der Waals surface area (Å²) in [6.07, 6.45) is 0.690. The molecule has 0 aliphatic heterocycles. The summed E-state index contributed by atoms with van der Waals surface area (Å²) in [4.78, 5) is 25.4. The molecule has 0 saturated carbocycles. The summed E-state index contributed by atoms with van der Waals surface area (Å²) in [6.45, 7) is 0.183. The van der Waals surface area contributed by atoms with E-state index in [0.717, 1.165) is 0 Å². The van der Waals surface area contributed by atoms with Crippen LogP contribution in [-0.2, 0) is 4.79 Å². The quantitative estimate of drug-likeness (QED) is 0.739. The number of amides is 1. The normalized spacial score (nSPS) is 9.44. The molecular formula is C13H15N3O2. The summed E-state index contributed by atoms with van der Waals surface area (Å²) in [5, 5.41) is 9.04. The highest BCUT2D eigenvalue weighted by Crippen LogP contribution is 2.19. The number of hydrogen-bond donors (Lipinski definition) is 0. The van der Waals surface area contributed by atoms with Crippen LogP contribution in [0.2, 0.25) is 0 Å². The van der Waals surface area contributed by atoms with E-state index in [1.54, 1.807) is 38.2 Å². The largest absolute Gasteiger partial charge is 0.364 e. The molecule has 5 heteroatoms. The van der Waals surface area contributed by atoms with E-state index in [1.165, 1.54) is 11.0 Å². The SMILES string of the molecule is CN(C)C(=O)CN(C)c1ccc(C=O)cc1C#N. The van der Waals surface area contributed by atoms with Crippen molar-refractivity contribution in [1.29, 1.82) is 5.26 Å². The Morgan fingerprint density at radius 1 is 1.39 bits per heavy atom. The average molecular weight is 245 g/mol. The summed E-state index contributed by atoms with van der Waals surface area (Å²) >= 11 is 0. The first-order valence-electron chi connectivity index (χ1n) is 5.40. The highest BCUT2D eigenvalue weighted by Gasteiger charge is 2.12. The molecule has 0 heterocycles. The second-order valence-corrected chi connectivity index (χ2v) is 4.15. The van der Waals surface area contributed by atoms with Crippen molar-refractivity contribution in [2.45, 2.75) is 0 Å². The number of carbonyl (C=O) groups is 2. The van der Waals surface area contributed by atoms with E-state index >= 15 is 0 Å². The van der Waals surface area contributed by atoms with Gasteiger partial charge in [-0.15, -0.1) is 0 Å². The molecule has 0 unspecified atom stereocenters. The summed E-state index contributed by atoms with van der Waals surface area (Å²) < 4.78 is 0. The molecule has 1 amide bonds. The molecule has 94 valence electrons. The number of aldehydes is 1. The van der Waals surface area contributed by atoms with Crippen LogP contribution in [-0.4, -0.2) is 44.8 Å². The molecule has 18 heavy (non-hydrogen) atoms. The third-order valence-corrected chi connectivity index (χ3v) is 2.56. The maximum Gasteiger partial charge on any atom is 0.241 e. The van der Waals surface area contributed by atoms with Crippen LogP contribution in [0.1, 0.15) is 15.9 Å². The maximum absolute atomic E-state index is 11.6. The number of benzene rings is 1. The van der Waals surface area contributed by atoms with E-state index in [0.29, 0.717) is 23.1 Å². The monoisotopic (exact) mass is 245 g/mol. The molecule has 0 radical (unpaired) electrons. The fourth-order valence-corrected chi connectivity index (χ4v) is 1.48. The lowest BCUT2D eigenvalue weighted by Gasteiger charge is -2.22. The van der Waals surface area contributed by atoms with Gasteiger partial charge in [-0.05, 0) is 18.2 Å². The van der Waals surface area contributed by atoms with Gasteiger partial charge in [0.1, 0.15) is 12.4 Å². The van der Waals surface area contributed by atoms with Crippen molar-refractivity contribution in [2.24, 2.45) is 0 Å². The van der Waals surface area contributed by atoms with Gasteiger partial charge in [-0.25, -0.2) is 0 Å². The van der Waals surface area contributed by atoms with Gasteiger partial charge in [-0.2, -0.15) is 5.26 Å². The predicted octanol–water partition coefficient (Wildman–Crippen LogP) is 0.895. The highest BCUT2D eigenvalue weighted by molar-refractivity contribution is 5.83. The molecule has 0 aromatic heterocycles. The van der Waals surface area contributed by atoms with E-state index in [4.69, 9.17) is 5.26 Å². The Morgan fingerprint density at radius 3 is 2.56 bits per heavy atom. The lowest BCUT2D eigenvalue weighted by atomic mass is 10.1. The van der Waals surface area contributed by atoms with E-state index in [-0.39, 0.29) is 12.5 Å². The standard InChI is InChI=1S/C13H15N3O2/c1-15(2)13(18)8-16(3)12-5-4-10(9-17)6-11(12)7-14/h4-6,9H,8H2,1-3H3. The van der Waals surface area contributed by atoms with Crippen LogP contribution in [0, 0.1) is 11.3 Å². The first-order chi connectivity index (χ1) is 8.49. The zero-order chi connectivity index (χ0) is 13.7. The minimum absolute atomic E-state index is 0.0548. The number of anilines is 1. The Kier molecular flexibility index (Phi) is 4.44. The van der Waals surface area contributed by atoms with Crippen molar-refractivity contribution in [1.82, 2.24) is 4.90 Å². The first kappa shape index (κ1) is 13.7. The van der Waals surface area contributed by atoms with E-state index in [1.807, 2.05) is 6.07 Å². The number of nitriles is 1. The second kappa shape index (κ2) is 5.82. The topological polar surface area (TPSA) is 64.4 Å². The van der Waals surface area contributed by atoms with Crippen molar-refractivity contribution in [2.75, 3.05) is 32.6 Å². The molecule has 0 fully saturated rings. The molecule has 0 atom stereocenters. The molecule has 0 saturated heterocycles. The predicted molar refractivity (Wildman–Crippen MR) is 68.5 cm³/mol. The molecule has 1 aromatic carbocycles. The van der Waals surface area contributed by atoms with Crippen LogP contribution in [0.25, 0.3) is 0 Å². The van der Waals surface area contributed by atoms with Crippen molar-refractivity contribution in [3.8, 4) is 6.07 Å². The Labute approximate surface area is 106 Å². The van der Waals surface area contributed by atoms with Crippen molar-refractivity contribution in [3.05, 3.63) is 29.3 Å². The van der Waals surface area contributed by atoms with Crippen LogP contribution < -0.4 is 4.90 Å². The lowest BCUT2D eigenvalue weighted by Crippen LogP contribution is -2.34. The minimum Gasteiger partial charge on any atom is -0.364 e. The Bertz CT molecular complexity index is 503. The number of rotatable bonds is 4. The molecular weight excluding hydrogens is 230 g/mol. The van der Waals surface area contributed by atoms with E-state index < -0.39 is 0 Å². The van der Waals surface area contributed by atoms with Crippen LogP contribution in [0.5, 0.6) is 0 Å². The van der Waals surface area contributed by atoms with Crippen molar-refractivity contribution >= 4 is 17.9 Å². The van der Waals surface area contributed by atoms with Crippen LogP contribution in [0.15, 0.2) is 18.2 Å². The van der Waals surface area contributed by atoms with E-state index in [2.05, 4.69) is 0 Å². The molecule has 1 aromatic rings. The third kappa shape index (κ3) is 3.08. The van der Waals surface area contributed by atoms with Gasteiger partial charge in [0, 0.05) is 26.7 Å². The zero-order valence-corrected chi connectivity index (χ0v) is 10.7. The van der Waals surface area contributed by atoms with Gasteiger partial charge in [0.2, 0.25) is 5.91 Å². The van der Waals surface area contributed by atoms with Gasteiger partial charge < -0.3 is 9.80 Å². The molecule has 1 rings (SSSR count). The zero-order valence-electron chi connectivity index (χ0n) is 10.7.